The first-order chi connectivity index (χ1) is 27.1. The molecule has 56 heavy (non-hydrogen) atoms. The van der Waals surface area contributed by atoms with E-state index in [0.717, 1.165) is 0 Å². The van der Waals surface area contributed by atoms with E-state index in [9.17, 15) is 34.8 Å². The topological polar surface area (TPSA) is 223 Å². The van der Waals surface area contributed by atoms with E-state index in [1.54, 1.807) is 42.5 Å². The third-order valence-electron chi connectivity index (χ3n) is 9.65. The van der Waals surface area contributed by atoms with Crippen molar-refractivity contribution in [3.05, 3.63) is 125 Å². The summed E-state index contributed by atoms with van der Waals surface area (Å²) in [6.07, 6.45) is -4.68. The van der Waals surface area contributed by atoms with Crippen LogP contribution in [0.4, 0.5) is 0 Å². The Bertz CT molecular complexity index is 1810. The van der Waals surface area contributed by atoms with Gasteiger partial charge in [0.1, 0.15) is 42.7 Å². The Morgan fingerprint density at radius 2 is 1.55 bits per heavy atom. The van der Waals surface area contributed by atoms with Gasteiger partial charge in [-0.3, -0.25) is 9.59 Å². The lowest BCUT2D eigenvalue weighted by molar-refractivity contribution is -0.298. The highest BCUT2D eigenvalue weighted by atomic mass is 16.8. The van der Waals surface area contributed by atoms with Crippen LogP contribution in [-0.2, 0) is 39.1 Å². The second kappa shape index (κ2) is 18.9. The van der Waals surface area contributed by atoms with Gasteiger partial charge >= 0.3 is 5.97 Å². The van der Waals surface area contributed by atoms with Gasteiger partial charge in [0, 0.05) is 42.6 Å². The van der Waals surface area contributed by atoms with Crippen molar-refractivity contribution in [3.63, 3.8) is 0 Å². The monoisotopic (exact) mass is 774 g/mol. The minimum absolute atomic E-state index is 0.00110. The molecule has 2 heterocycles. The van der Waals surface area contributed by atoms with Crippen molar-refractivity contribution < 1.29 is 63.6 Å². The summed E-state index contributed by atoms with van der Waals surface area (Å²) in [5, 5.41) is 53.9. The van der Waals surface area contributed by atoms with Gasteiger partial charge in [-0.1, -0.05) is 84.9 Å². The minimum atomic E-state index is -1.57. The van der Waals surface area contributed by atoms with Crippen molar-refractivity contribution in [3.8, 4) is 0 Å². The number of hydrogen-bond acceptors (Lipinski definition) is 13. The number of fused-ring (bicyclic) bond motifs is 1. The SMILES string of the molecule is O=C(CCNC(=O)C1=C[C@H]2OC(c3ccccc3)(c3ccccc3)O[C@H]2[C@H](OC(=O)c2cccc(C=CCO[C@H]3O[C@H](CO)[C@H](O)[C@H](O)[C@H]3O)c2)C1)NCCO. The number of amides is 2. The molecular formula is C41H46N2O13. The number of nitrogens with one attached hydrogen (secondary N) is 2. The predicted octanol–water partition coefficient (Wildman–Crippen LogP) is 0.672. The molecule has 3 aromatic carbocycles. The van der Waals surface area contributed by atoms with Gasteiger partial charge in [0.25, 0.3) is 0 Å². The Balaban J connectivity index is 1.18. The number of carbonyl (C=O) groups excluding carboxylic acids is 3. The molecule has 15 nitrogen and oxygen atoms in total. The third kappa shape index (κ3) is 9.41. The molecule has 1 aliphatic carbocycles. The molecule has 0 radical (unpaired) electrons. The van der Waals surface area contributed by atoms with Crippen molar-refractivity contribution in [2.45, 2.75) is 67.6 Å². The highest BCUT2D eigenvalue weighted by molar-refractivity contribution is 5.94. The molecule has 2 fully saturated rings. The molecule has 7 N–H and O–H groups in total. The van der Waals surface area contributed by atoms with Gasteiger partial charge in [-0.05, 0) is 23.8 Å². The molecule has 2 aliphatic heterocycles. The van der Waals surface area contributed by atoms with Gasteiger partial charge < -0.3 is 59.9 Å². The predicted molar refractivity (Wildman–Crippen MR) is 198 cm³/mol. The van der Waals surface area contributed by atoms with Gasteiger partial charge in [-0.25, -0.2) is 4.79 Å². The summed E-state index contributed by atoms with van der Waals surface area (Å²) in [4.78, 5) is 39.3. The van der Waals surface area contributed by atoms with Crippen LogP contribution >= 0.6 is 0 Å². The number of esters is 1. The van der Waals surface area contributed by atoms with Crippen molar-refractivity contribution in [2.75, 3.05) is 32.9 Å². The Morgan fingerprint density at radius 1 is 0.839 bits per heavy atom. The fourth-order valence-corrected chi connectivity index (χ4v) is 6.79. The van der Waals surface area contributed by atoms with Crippen LogP contribution in [-0.4, -0.2) is 125 Å². The van der Waals surface area contributed by atoms with E-state index in [1.807, 2.05) is 60.7 Å². The largest absolute Gasteiger partial charge is 0.456 e. The molecule has 15 heteroatoms. The van der Waals surface area contributed by atoms with Gasteiger partial charge in [-0.2, -0.15) is 0 Å². The number of ether oxygens (including phenoxy) is 5. The van der Waals surface area contributed by atoms with Gasteiger partial charge in [-0.15, -0.1) is 0 Å². The average molecular weight is 775 g/mol. The summed E-state index contributed by atoms with van der Waals surface area (Å²) < 4.78 is 30.5. The number of aliphatic hydroxyl groups is 5. The maximum atomic E-state index is 13.8. The Morgan fingerprint density at radius 3 is 2.23 bits per heavy atom. The zero-order valence-corrected chi connectivity index (χ0v) is 30.4. The van der Waals surface area contributed by atoms with Crippen molar-refractivity contribution >= 4 is 23.9 Å². The van der Waals surface area contributed by atoms with Crippen LogP contribution in [0.15, 0.2) is 103 Å². The maximum Gasteiger partial charge on any atom is 0.338 e. The van der Waals surface area contributed by atoms with Crippen LogP contribution in [0.2, 0.25) is 0 Å². The molecule has 0 aromatic heterocycles. The average Bonchev–Trinajstić information content (AvgIpc) is 3.63. The quantitative estimate of drug-likeness (QED) is 0.106. The fraction of sp³-hybridized carbons (Fsp3) is 0.390. The van der Waals surface area contributed by atoms with E-state index >= 15 is 0 Å². The molecule has 3 aliphatic rings. The number of aliphatic hydroxyl groups excluding tert-OH is 5. The molecule has 2 amide bonds. The Kier molecular flexibility index (Phi) is 13.8. The Labute approximate surface area is 323 Å². The lowest BCUT2D eigenvalue weighted by Gasteiger charge is -2.39. The van der Waals surface area contributed by atoms with Crippen molar-refractivity contribution in [1.29, 1.82) is 0 Å². The lowest BCUT2D eigenvalue weighted by atomic mass is 9.91. The van der Waals surface area contributed by atoms with Gasteiger partial charge in [0.15, 0.2) is 6.29 Å². The van der Waals surface area contributed by atoms with Crippen LogP contribution in [0.25, 0.3) is 6.08 Å². The zero-order chi connectivity index (χ0) is 39.7. The number of benzene rings is 3. The molecule has 0 saturated carbocycles. The van der Waals surface area contributed by atoms with E-state index in [1.165, 1.54) is 0 Å². The van der Waals surface area contributed by atoms with Crippen LogP contribution in [0, 0.1) is 0 Å². The first kappa shape index (κ1) is 40.8. The molecule has 8 atom stereocenters. The van der Waals surface area contributed by atoms with E-state index in [2.05, 4.69) is 10.6 Å². The van der Waals surface area contributed by atoms with Gasteiger partial charge in [0.2, 0.25) is 17.6 Å². The summed E-state index contributed by atoms with van der Waals surface area (Å²) in [5.74, 6) is -2.86. The lowest BCUT2D eigenvalue weighted by Crippen LogP contribution is -2.59. The van der Waals surface area contributed by atoms with Crippen LogP contribution in [0.5, 0.6) is 0 Å². The van der Waals surface area contributed by atoms with Crippen LogP contribution in [0.3, 0.4) is 0 Å². The summed E-state index contributed by atoms with van der Waals surface area (Å²) in [6, 6.07) is 25.3. The minimum Gasteiger partial charge on any atom is -0.456 e. The summed E-state index contributed by atoms with van der Waals surface area (Å²) in [7, 11) is 0. The van der Waals surface area contributed by atoms with E-state index in [0.29, 0.717) is 16.7 Å². The maximum absolute atomic E-state index is 13.8. The number of rotatable bonds is 15. The highest BCUT2D eigenvalue weighted by Gasteiger charge is 2.55. The van der Waals surface area contributed by atoms with Crippen LogP contribution < -0.4 is 10.6 Å². The molecular weight excluding hydrogens is 728 g/mol. The van der Waals surface area contributed by atoms with E-state index in [4.69, 9.17) is 28.8 Å². The summed E-state index contributed by atoms with van der Waals surface area (Å²) >= 11 is 0. The van der Waals surface area contributed by atoms with Crippen molar-refractivity contribution in [1.82, 2.24) is 10.6 Å². The van der Waals surface area contributed by atoms with Gasteiger partial charge in [0.05, 0.1) is 25.4 Å². The van der Waals surface area contributed by atoms with Crippen LogP contribution in [0.1, 0.15) is 39.9 Å². The van der Waals surface area contributed by atoms with E-state index < -0.39 is 73.3 Å². The molecule has 0 unspecified atom stereocenters. The normalized spacial score (nSPS) is 26.9. The smallest absolute Gasteiger partial charge is 0.338 e. The molecule has 298 valence electrons. The molecule has 2 saturated heterocycles. The Hall–Kier alpha value is -4.81. The molecule has 6 rings (SSSR count). The number of carbonyl (C=O) groups is 3. The fourth-order valence-electron chi connectivity index (χ4n) is 6.79. The van der Waals surface area contributed by atoms with E-state index in [-0.39, 0.29) is 56.2 Å². The summed E-state index contributed by atoms with van der Waals surface area (Å²) in [6.45, 7) is -0.712. The number of hydrogen-bond donors (Lipinski definition) is 7. The first-order valence-electron chi connectivity index (χ1n) is 18.4. The molecule has 3 aromatic rings. The molecule has 0 spiro atoms. The third-order valence-corrected chi connectivity index (χ3v) is 9.65. The standard InChI is InChI=1S/C41H46N2O13/c44-19-18-42-33(46)16-17-43-38(50)27-22-30(37-31(23-27)55-41(56-37,28-12-3-1-4-13-28)29-14-5-2-6-15-29)53-39(51)26-11-7-9-25(21-26)10-8-20-52-40-36(49)35(48)34(47)32(24-45)54-40/h1-15,21,23,30-32,34-37,40,44-45,47-49H,16-20,22,24H2,(H,42,46)(H,43,50)/t30-,31-,32-,34+,35+,36-,37+,40+/m1/s1. The molecule has 0 bridgehead atoms. The second-order valence-electron chi connectivity index (χ2n) is 13.5. The second-order valence-corrected chi connectivity index (χ2v) is 13.5. The first-order valence-corrected chi connectivity index (χ1v) is 18.4. The highest BCUT2D eigenvalue weighted by Crippen LogP contribution is 2.47. The zero-order valence-electron chi connectivity index (χ0n) is 30.4. The van der Waals surface area contributed by atoms with Crippen molar-refractivity contribution in [2.24, 2.45) is 0 Å². The summed E-state index contributed by atoms with van der Waals surface area (Å²) in [5.41, 5.74) is 2.51.